The van der Waals surface area contributed by atoms with Gasteiger partial charge in [-0.15, -0.1) is 0 Å². The summed E-state index contributed by atoms with van der Waals surface area (Å²) in [7, 11) is 6.79. The van der Waals surface area contributed by atoms with E-state index in [2.05, 4.69) is 61.3 Å². The highest BCUT2D eigenvalue weighted by molar-refractivity contribution is 5.27. The molecule has 20 heavy (non-hydrogen) atoms. The third-order valence-electron chi connectivity index (χ3n) is 5.95. The van der Waals surface area contributed by atoms with Crippen LogP contribution in [0.15, 0.2) is 30.3 Å². The van der Waals surface area contributed by atoms with Gasteiger partial charge >= 0.3 is 0 Å². The van der Waals surface area contributed by atoms with Crippen molar-refractivity contribution in [3.63, 3.8) is 0 Å². The van der Waals surface area contributed by atoms with E-state index in [1.807, 2.05) is 0 Å². The summed E-state index contributed by atoms with van der Waals surface area (Å²) in [4.78, 5) is 4.97. The molecule has 1 aliphatic heterocycles. The van der Waals surface area contributed by atoms with Crippen molar-refractivity contribution >= 4 is 0 Å². The predicted molar refractivity (Wildman–Crippen MR) is 84.8 cm³/mol. The van der Waals surface area contributed by atoms with Gasteiger partial charge in [0.1, 0.15) is 0 Å². The molecule has 2 aliphatic rings. The molecular formula is C18H28N2. The normalized spacial score (nSPS) is 30.2. The van der Waals surface area contributed by atoms with Gasteiger partial charge in [-0.25, -0.2) is 0 Å². The minimum atomic E-state index is 0.261. The fourth-order valence-electron chi connectivity index (χ4n) is 4.42. The molecule has 0 radical (unpaired) electrons. The smallest absolute Gasteiger partial charge is 0.0460 e. The number of piperidine rings is 1. The van der Waals surface area contributed by atoms with Crippen LogP contribution in [-0.4, -0.2) is 44.0 Å². The average molecular weight is 272 g/mol. The molecule has 1 unspecified atom stereocenters. The Kier molecular flexibility index (Phi) is 3.64. The Bertz CT molecular complexity index is 446. The molecule has 0 bridgehead atoms. The van der Waals surface area contributed by atoms with Crippen molar-refractivity contribution in [3.8, 4) is 0 Å². The lowest BCUT2D eigenvalue weighted by molar-refractivity contribution is 0.0882. The van der Waals surface area contributed by atoms with Gasteiger partial charge in [-0.1, -0.05) is 30.3 Å². The van der Waals surface area contributed by atoms with E-state index in [0.29, 0.717) is 5.41 Å². The molecule has 1 aromatic carbocycles. The van der Waals surface area contributed by atoms with Crippen LogP contribution in [0, 0.1) is 5.41 Å². The van der Waals surface area contributed by atoms with E-state index in [1.165, 1.54) is 50.8 Å². The third-order valence-corrected chi connectivity index (χ3v) is 5.95. The van der Waals surface area contributed by atoms with Crippen LogP contribution in [0.2, 0.25) is 0 Å². The van der Waals surface area contributed by atoms with Crippen LogP contribution < -0.4 is 0 Å². The van der Waals surface area contributed by atoms with Gasteiger partial charge in [0.2, 0.25) is 0 Å². The molecule has 2 heteroatoms. The monoisotopic (exact) mass is 272 g/mol. The first kappa shape index (κ1) is 14.1. The van der Waals surface area contributed by atoms with Crippen molar-refractivity contribution in [2.75, 3.05) is 34.2 Å². The summed E-state index contributed by atoms with van der Waals surface area (Å²) in [6.45, 7) is 2.55. The molecule has 0 N–H and O–H groups in total. The summed E-state index contributed by atoms with van der Waals surface area (Å²) in [6, 6.07) is 11.2. The highest BCUT2D eigenvalue weighted by Crippen LogP contribution is 2.56. The number of rotatable bonds is 2. The molecule has 1 saturated heterocycles. The zero-order valence-corrected chi connectivity index (χ0v) is 13.2. The Labute approximate surface area is 123 Å². The topological polar surface area (TPSA) is 6.48 Å². The van der Waals surface area contributed by atoms with Gasteiger partial charge in [0.25, 0.3) is 0 Å². The van der Waals surface area contributed by atoms with E-state index in [4.69, 9.17) is 0 Å². The molecule has 2 fully saturated rings. The number of nitrogens with zero attached hydrogens (tertiary/aromatic N) is 2. The van der Waals surface area contributed by atoms with Crippen molar-refractivity contribution < 1.29 is 0 Å². The number of benzene rings is 1. The summed E-state index contributed by atoms with van der Waals surface area (Å²) >= 11 is 0. The summed E-state index contributed by atoms with van der Waals surface area (Å²) in [5, 5.41) is 0. The van der Waals surface area contributed by atoms with Gasteiger partial charge in [0, 0.05) is 5.54 Å². The standard InChI is InChI=1S/C18H28N2/c1-19(2)18(16-7-5-4-6-8-16)10-9-17(15-18)11-13-20(3)14-12-17/h4-8H,9-15H2,1-3H3. The Morgan fingerprint density at radius 1 is 0.950 bits per heavy atom. The Morgan fingerprint density at radius 2 is 1.60 bits per heavy atom. The zero-order valence-electron chi connectivity index (χ0n) is 13.2. The van der Waals surface area contributed by atoms with Crippen LogP contribution in [0.3, 0.4) is 0 Å². The minimum Gasteiger partial charge on any atom is -0.306 e. The Morgan fingerprint density at radius 3 is 2.20 bits per heavy atom. The van der Waals surface area contributed by atoms with Crippen molar-refractivity contribution in [1.29, 1.82) is 0 Å². The fourth-order valence-corrected chi connectivity index (χ4v) is 4.42. The molecule has 3 rings (SSSR count). The van der Waals surface area contributed by atoms with Crippen molar-refractivity contribution in [2.24, 2.45) is 5.41 Å². The number of likely N-dealkylation sites (tertiary alicyclic amines) is 1. The maximum absolute atomic E-state index is 2.49. The second-order valence-corrected chi connectivity index (χ2v) is 7.27. The summed E-state index contributed by atoms with van der Waals surface area (Å²) in [5.41, 5.74) is 2.37. The van der Waals surface area contributed by atoms with E-state index in [9.17, 15) is 0 Å². The van der Waals surface area contributed by atoms with Crippen LogP contribution in [0.5, 0.6) is 0 Å². The van der Waals surface area contributed by atoms with E-state index in [0.717, 1.165) is 0 Å². The largest absolute Gasteiger partial charge is 0.306 e. The zero-order chi connectivity index (χ0) is 14.2. The summed E-state index contributed by atoms with van der Waals surface area (Å²) in [5.74, 6) is 0. The highest BCUT2D eigenvalue weighted by atomic mass is 15.2. The van der Waals surface area contributed by atoms with Gasteiger partial charge in [-0.2, -0.15) is 0 Å². The molecule has 2 nitrogen and oxygen atoms in total. The van der Waals surface area contributed by atoms with Crippen LogP contribution >= 0.6 is 0 Å². The molecule has 1 aliphatic carbocycles. The quantitative estimate of drug-likeness (QED) is 0.815. The lowest BCUT2D eigenvalue weighted by atomic mass is 9.74. The van der Waals surface area contributed by atoms with Gasteiger partial charge in [-0.05, 0) is 77.3 Å². The predicted octanol–water partition coefficient (Wildman–Crippen LogP) is 3.34. The molecule has 0 aromatic heterocycles. The molecule has 1 atom stereocenters. The maximum Gasteiger partial charge on any atom is 0.0460 e. The first-order valence-electron chi connectivity index (χ1n) is 7.98. The van der Waals surface area contributed by atoms with Crippen LogP contribution in [0.25, 0.3) is 0 Å². The van der Waals surface area contributed by atoms with Crippen molar-refractivity contribution in [3.05, 3.63) is 35.9 Å². The molecule has 1 aromatic rings. The van der Waals surface area contributed by atoms with E-state index >= 15 is 0 Å². The first-order valence-corrected chi connectivity index (χ1v) is 7.98. The average Bonchev–Trinajstić information content (AvgIpc) is 2.85. The molecule has 1 heterocycles. The molecule has 0 amide bonds. The Balaban J connectivity index is 1.88. The lowest BCUT2D eigenvalue weighted by Crippen LogP contribution is -2.42. The molecule has 1 spiro atoms. The van der Waals surface area contributed by atoms with Crippen LogP contribution in [0.4, 0.5) is 0 Å². The number of hydrogen-bond donors (Lipinski definition) is 0. The maximum atomic E-state index is 2.49. The second kappa shape index (κ2) is 5.16. The van der Waals surface area contributed by atoms with Crippen molar-refractivity contribution in [1.82, 2.24) is 9.80 Å². The lowest BCUT2D eigenvalue weighted by Gasteiger charge is -2.42. The fraction of sp³-hybridized carbons (Fsp3) is 0.667. The van der Waals surface area contributed by atoms with Crippen molar-refractivity contribution in [2.45, 2.75) is 37.6 Å². The van der Waals surface area contributed by atoms with Crippen LogP contribution in [-0.2, 0) is 5.54 Å². The molecular weight excluding hydrogens is 244 g/mol. The first-order chi connectivity index (χ1) is 9.56. The van der Waals surface area contributed by atoms with Gasteiger partial charge in [-0.3, -0.25) is 4.90 Å². The van der Waals surface area contributed by atoms with Gasteiger partial charge in [0.05, 0.1) is 0 Å². The summed E-state index contributed by atoms with van der Waals surface area (Å²) in [6.07, 6.45) is 6.81. The van der Waals surface area contributed by atoms with E-state index in [1.54, 1.807) is 0 Å². The third kappa shape index (κ3) is 2.29. The Hall–Kier alpha value is -0.860. The summed E-state index contributed by atoms with van der Waals surface area (Å²) < 4.78 is 0. The SMILES string of the molecule is CN1CCC2(CC1)CCC(c1ccccc1)(N(C)C)C2. The van der Waals surface area contributed by atoms with E-state index in [-0.39, 0.29) is 5.54 Å². The second-order valence-electron chi connectivity index (χ2n) is 7.27. The number of hydrogen-bond acceptors (Lipinski definition) is 2. The van der Waals surface area contributed by atoms with Gasteiger partial charge < -0.3 is 4.90 Å². The highest BCUT2D eigenvalue weighted by Gasteiger charge is 2.50. The van der Waals surface area contributed by atoms with Gasteiger partial charge in [0.15, 0.2) is 0 Å². The molecule has 110 valence electrons. The molecule has 1 saturated carbocycles. The minimum absolute atomic E-state index is 0.261. The van der Waals surface area contributed by atoms with Crippen LogP contribution in [0.1, 0.15) is 37.7 Å². The van der Waals surface area contributed by atoms with E-state index < -0.39 is 0 Å².